The van der Waals surface area contributed by atoms with Gasteiger partial charge in [-0.1, -0.05) is 0 Å². The lowest BCUT2D eigenvalue weighted by Crippen LogP contribution is -2.36. The van der Waals surface area contributed by atoms with Crippen molar-refractivity contribution in [3.63, 3.8) is 0 Å². The quantitative estimate of drug-likeness (QED) is 0.392. The first kappa shape index (κ1) is 14.2. The molecule has 0 spiro atoms. The first-order valence-corrected chi connectivity index (χ1v) is 3.35. The molecule has 2 nitrogen and oxygen atoms in total. The van der Waals surface area contributed by atoms with Crippen molar-refractivity contribution in [1.29, 1.82) is 0 Å². The number of hydrogen-bond acceptors (Lipinski definition) is 1. The second-order valence-corrected chi connectivity index (χ2v) is 3.23. The van der Waals surface area contributed by atoms with Gasteiger partial charge in [-0.2, -0.15) is 0 Å². The van der Waals surface area contributed by atoms with Crippen molar-refractivity contribution in [3.05, 3.63) is 0 Å². The van der Waals surface area contributed by atoms with Gasteiger partial charge in [-0.25, -0.2) is 0 Å². The average Bonchev–Trinajstić information content (AvgIpc) is 1.54. The maximum Gasteiger partial charge on any atom is 0.673 e. The lowest BCUT2D eigenvalue weighted by Gasteiger charge is -2.21. The van der Waals surface area contributed by atoms with Gasteiger partial charge in [-0.15, -0.1) is 0 Å². The summed E-state index contributed by atoms with van der Waals surface area (Å²) in [6.07, 6.45) is 0. The fourth-order valence-electron chi connectivity index (χ4n) is 0.300. The SMILES string of the molecule is C[N+](C)(C)CCO.F[B-](F)(F)F. The Hall–Kier alpha value is -0.295. The van der Waals surface area contributed by atoms with Crippen molar-refractivity contribution >= 4 is 7.25 Å². The minimum atomic E-state index is -6.00. The Kier molecular flexibility index (Phi) is 6.37. The molecule has 0 fully saturated rings. The summed E-state index contributed by atoms with van der Waals surface area (Å²) in [6.45, 7) is 1.11. The van der Waals surface area contributed by atoms with Crippen molar-refractivity contribution in [2.75, 3.05) is 34.3 Å². The topological polar surface area (TPSA) is 20.2 Å². The highest BCUT2D eigenvalue weighted by molar-refractivity contribution is 6.50. The molecule has 0 unspecified atom stereocenters. The predicted octanol–water partition coefficient (Wildman–Crippen LogP) is 0.985. The van der Waals surface area contributed by atoms with Gasteiger partial charge in [0, 0.05) is 0 Å². The van der Waals surface area contributed by atoms with Crippen LogP contribution in [0.25, 0.3) is 0 Å². The Balaban J connectivity index is 0. The lowest BCUT2D eigenvalue weighted by atomic mass is 10.3. The van der Waals surface area contributed by atoms with Gasteiger partial charge in [0.05, 0.1) is 27.7 Å². The van der Waals surface area contributed by atoms with E-state index in [1.165, 1.54) is 0 Å². The Morgan fingerprint density at radius 1 is 1.08 bits per heavy atom. The van der Waals surface area contributed by atoms with Crippen LogP contribution in [0.5, 0.6) is 0 Å². The smallest absolute Gasteiger partial charge is 0.418 e. The van der Waals surface area contributed by atoms with Crippen LogP contribution in [0.2, 0.25) is 0 Å². The molecule has 0 aliphatic carbocycles. The molecule has 1 N–H and O–H groups in total. The number of aliphatic hydroxyl groups is 1. The summed E-state index contributed by atoms with van der Waals surface area (Å²) in [7, 11) is 0.155. The van der Waals surface area contributed by atoms with E-state index < -0.39 is 7.25 Å². The van der Waals surface area contributed by atoms with Crippen molar-refractivity contribution in [1.82, 2.24) is 0 Å². The van der Waals surface area contributed by atoms with Gasteiger partial charge in [0.15, 0.2) is 0 Å². The maximum absolute atomic E-state index is 9.75. The summed E-state index contributed by atoms with van der Waals surface area (Å²) < 4.78 is 39.8. The van der Waals surface area contributed by atoms with Crippen molar-refractivity contribution in [3.8, 4) is 0 Å². The number of nitrogens with zero attached hydrogens (tertiary/aromatic N) is 1. The Morgan fingerprint density at radius 2 is 1.33 bits per heavy atom. The van der Waals surface area contributed by atoms with Gasteiger partial charge in [0.25, 0.3) is 0 Å². The van der Waals surface area contributed by atoms with Crippen LogP contribution in [-0.2, 0) is 0 Å². The summed E-state index contributed by atoms with van der Waals surface area (Å²) in [5.74, 6) is 0. The summed E-state index contributed by atoms with van der Waals surface area (Å²) in [5.41, 5.74) is 0. The molecule has 0 saturated carbocycles. The van der Waals surface area contributed by atoms with E-state index in [9.17, 15) is 17.3 Å². The molecule has 0 aromatic carbocycles. The first-order valence-electron chi connectivity index (χ1n) is 3.35. The average molecular weight is 191 g/mol. The van der Waals surface area contributed by atoms with Crippen LogP contribution in [-0.4, -0.2) is 51.1 Å². The molecule has 0 aromatic heterocycles. The largest absolute Gasteiger partial charge is 0.673 e. The van der Waals surface area contributed by atoms with Gasteiger partial charge >= 0.3 is 7.25 Å². The molecule has 0 atom stereocenters. The highest BCUT2D eigenvalue weighted by Gasteiger charge is 2.20. The van der Waals surface area contributed by atoms with E-state index in [2.05, 4.69) is 21.1 Å². The van der Waals surface area contributed by atoms with E-state index in [0.29, 0.717) is 0 Å². The standard InChI is InChI=1S/C5H14NO.BF4/c1-6(2,3)4-5-7;2-1(3,4)5/h7H,4-5H2,1-3H3;/q+1;-1. The molecular weight excluding hydrogens is 177 g/mol. The molecule has 0 aliphatic heterocycles. The zero-order valence-electron chi connectivity index (χ0n) is 7.40. The van der Waals surface area contributed by atoms with Gasteiger partial charge in [-0.3, -0.25) is 0 Å². The molecule has 0 saturated heterocycles. The fraction of sp³-hybridized carbons (Fsp3) is 1.00. The Morgan fingerprint density at radius 3 is 1.33 bits per heavy atom. The minimum Gasteiger partial charge on any atom is -0.418 e. The van der Waals surface area contributed by atoms with E-state index in [4.69, 9.17) is 5.11 Å². The molecular formula is C5H14BF4NO. The molecule has 0 amide bonds. The van der Waals surface area contributed by atoms with Crippen molar-refractivity contribution < 1.29 is 26.9 Å². The normalized spacial score (nSPS) is 12.0. The lowest BCUT2D eigenvalue weighted by molar-refractivity contribution is -0.870. The second-order valence-electron chi connectivity index (χ2n) is 3.23. The van der Waals surface area contributed by atoms with E-state index in [0.717, 1.165) is 11.0 Å². The van der Waals surface area contributed by atoms with Crippen LogP contribution in [0.4, 0.5) is 17.3 Å². The van der Waals surface area contributed by atoms with Crippen LogP contribution >= 0.6 is 0 Å². The highest BCUT2D eigenvalue weighted by atomic mass is 19.5. The predicted molar refractivity (Wildman–Crippen MR) is 40.2 cm³/mol. The number of rotatable bonds is 2. The van der Waals surface area contributed by atoms with Gasteiger partial charge < -0.3 is 26.9 Å². The van der Waals surface area contributed by atoms with Crippen LogP contribution in [0.1, 0.15) is 0 Å². The van der Waals surface area contributed by atoms with Crippen LogP contribution in [0, 0.1) is 0 Å². The molecule has 0 aromatic rings. The molecule has 12 heavy (non-hydrogen) atoms. The summed E-state index contributed by atoms with van der Waals surface area (Å²) in [5, 5.41) is 8.39. The molecule has 76 valence electrons. The van der Waals surface area contributed by atoms with Crippen molar-refractivity contribution in [2.24, 2.45) is 0 Å². The number of halogens is 4. The van der Waals surface area contributed by atoms with Crippen LogP contribution in [0.3, 0.4) is 0 Å². The highest BCUT2D eigenvalue weighted by Crippen LogP contribution is 2.06. The number of aliphatic hydroxyl groups excluding tert-OH is 1. The minimum absolute atomic E-state index is 0.281. The number of likely N-dealkylation sites (N-methyl/N-ethyl adjacent to an activating group) is 1. The van der Waals surface area contributed by atoms with Crippen LogP contribution < -0.4 is 0 Å². The Bertz CT molecular complexity index is 105. The van der Waals surface area contributed by atoms with Gasteiger partial charge in [-0.05, 0) is 0 Å². The first-order chi connectivity index (χ1) is 5.06. The number of hydrogen-bond donors (Lipinski definition) is 1. The number of quaternary nitrogens is 1. The monoisotopic (exact) mass is 191 g/mol. The zero-order valence-corrected chi connectivity index (χ0v) is 7.40. The molecule has 0 heterocycles. The summed E-state index contributed by atoms with van der Waals surface area (Å²) in [6, 6.07) is 0. The molecule has 0 aliphatic rings. The molecule has 0 bridgehead atoms. The fourth-order valence-corrected chi connectivity index (χ4v) is 0.300. The summed E-state index contributed by atoms with van der Waals surface area (Å²) in [4.78, 5) is 0. The third-order valence-corrected chi connectivity index (χ3v) is 0.771. The maximum atomic E-state index is 9.75. The van der Waals surface area contributed by atoms with E-state index in [1.807, 2.05) is 0 Å². The van der Waals surface area contributed by atoms with E-state index in [1.54, 1.807) is 0 Å². The molecule has 0 rings (SSSR count). The third kappa shape index (κ3) is 53.6. The van der Waals surface area contributed by atoms with Crippen molar-refractivity contribution in [2.45, 2.75) is 0 Å². The van der Waals surface area contributed by atoms with Crippen LogP contribution in [0.15, 0.2) is 0 Å². The van der Waals surface area contributed by atoms with Gasteiger partial charge in [0.2, 0.25) is 0 Å². The zero-order chi connectivity index (χ0) is 10.4. The van der Waals surface area contributed by atoms with E-state index >= 15 is 0 Å². The summed E-state index contributed by atoms with van der Waals surface area (Å²) >= 11 is 0. The second kappa shape index (κ2) is 5.37. The van der Waals surface area contributed by atoms with E-state index in [-0.39, 0.29) is 6.61 Å². The Labute approximate surface area is 69.5 Å². The molecule has 7 heteroatoms. The third-order valence-electron chi connectivity index (χ3n) is 0.771. The molecule has 0 radical (unpaired) electrons. The van der Waals surface area contributed by atoms with Gasteiger partial charge in [0.1, 0.15) is 6.54 Å².